The largest absolute Gasteiger partial charge is 0.460 e. The van der Waals surface area contributed by atoms with Crippen LogP contribution in [0.3, 0.4) is 0 Å². The van der Waals surface area contributed by atoms with Crippen molar-refractivity contribution in [2.75, 3.05) is 29.9 Å². The number of likely N-dealkylation sites (tertiary alicyclic amines) is 1. The highest BCUT2D eigenvalue weighted by Crippen LogP contribution is 2.37. The first kappa shape index (κ1) is 35.2. The Labute approximate surface area is 275 Å². The molecule has 0 spiro atoms. The van der Waals surface area contributed by atoms with Crippen molar-refractivity contribution in [1.82, 2.24) is 9.88 Å². The maximum Gasteiger partial charge on any atom is 0.416 e. The van der Waals surface area contributed by atoms with Crippen molar-refractivity contribution < 1.29 is 40.7 Å². The second-order valence-corrected chi connectivity index (χ2v) is 13.3. The van der Waals surface area contributed by atoms with Crippen molar-refractivity contribution in [3.05, 3.63) is 77.5 Å². The normalized spacial score (nSPS) is 18.2. The number of rotatable bonds is 7. The van der Waals surface area contributed by atoms with Gasteiger partial charge in [0.1, 0.15) is 17.5 Å². The molecule has 2 aromatic carbocycles. The maximum absolute atomic E-state index is 13.7. The SMILES string of the molecule is CC(C)(C)OC(=O)C1CCN(c2ccc(C(=O)Nc3cc(CN4CCC[C@H]4C(F)(F)F)c(-c4ccc(C(F)(F)F)cc4)cn3)cc2)CC1. The monoisotopic (exact) mass is 676 g/mol. The van der Waals surface area contributed by atoms with Gasteiger partial charge in [0, 0.05) is 42.6 Å². The summed E-state index contributed by atoms with van der Waals surface area (Å²) in [6.07, 6.45) is -6.02. The van der Waals surface area contributed by atoms with Gasteiger partial charge in [-0.2, -0.15) is 26.3 Å². The second-order valence-electron chi connectivity index (χ2n) is 13.3. The third kappa shape index (κ3) is 8.66. The number of nitrogens with one attached hydrogen (secondary N) is 1. The number of benzene rings is 2. The molecule has 0 unspecified atom stereocenters. The van der Waals surface area contributed by atoms with Gasteiger partial charge in [0.25, 0.3) is 5.91 Å². The van der Waals surface area contributed by atoms with E-state index in [2.05, 4.69) is 15.2 Å². The molecule has 258 valence electrons. The number of alkyl halides is 6. The van der Waals surface area contributed by atoms with E-state index in [1.807, 2.05) is 20.8 Å². The number of ether oxygens (including phenoxy) is 1. The van der Waals surface area contributed by atoms with E-state index in [0.29, 0.717) is 54.6 Å². The summed E-state index contributed by atoms with van der Waals surface area (Å²) in [6, 6.07) is 11.1. The lowest BCUT2D eigenvalue weighted by Crippen LogP contribution is -2.40. The standard InChI is InChI=1S/C35H38F6N4O3/c1-33(2,3)48-32(47)24-14-17-44(18-15-24)27-12-8-23(9-13-27)31(46)43-30-19-25(21-45-16-4-5-29(45)35(39,40)41)28(20-42-30)22-6-10-26(11-7-22)34(36,37)38/h6-13,19-20,24,29H,4-5,14-18,21H2,1-3H3,(H,42,43,46)/t29-/m0/s1. The Bertz CT molecular complexity index is 1590. The van der Waals surface area contributed by atoms with Crippen molar-refractivity contribution in [2.24, 2.45) is 5.92 Å². The average molecular weight is 677 g/mol. The van der Waals surface area contributed by atoms with Crippen molar-refractivity contribution >= 4 is 23.4 Å². The Balaban J connectivity index is 1.30. The van der Waals surface area contributed by atoms with E-state index in [1.54, 1.807) is 24.3 Å². The lowest BCUT2D eigenvalue weighted by Gasteiger charge is -2.34. The van der Waals surface area contributed by atoms with Gasteiger partial charge in [-0.3, -0.25) is 14.5 Å². The van der Waals surface area contributed by atoms with Gasteiger partial charge >= 0.3 is 18.3 Å². The van der Waals surface area contributed by atoms with Crippen LogP contribution < -0.4 is 10.2 Å². The molecule has 2 saturated heterocycles. The number of esters is 1. The van der Waals surface area contributed by atoms with Crippen LogP contribution in [-0.4, -0.2) is 59.2 Å². The fraction of sp³-hybridized carbons (Fsp3) is 0.457. The van der Waals surface area contributed by atoms with Gasteiger partial charge in [0.2, 0.25) is 0 Å². The predicted molar refractivity (Wildman–Crippen MR) is 169 cm³/mol. The smallest absolute Gasteiger partial charge is 0.416 e. The molecule has 2 aliphatic rings. The molecule has 0 bridgehead atoms. The van der Waals surface area contributed by atoms with Crippen LogP contribution in [0, 0.1) is 5.92 Å². The molecule has 1 amide bonds. The van der Waals surface area contributed by atoms with Crippen LogP contribution >= 0.6 is 0 Å². The summed E-state index contributed by atoms with van der Waals surface area (Å²) in [6.45, 7) is 6.89. The summed E-state index contributed by atoms with van der Waals surface area (Å²) in [4.78, 5) is 33.3. The Morgan fingerprint density at radius 2 is 1.54 bits per heavy atom. The first-order valence-corrected chi connectivity index (χ1v) is 15.8. The zero-order valence-electron chi connectivity index (χ0n) is 26.9. The van der Waals surface area contributed by atoms with Gasteiger partial charge in [-0.1, -0.05) is 12.1 Å². The molecule has 5 rings (SSSR count). The minimum atomic E-state index is -4.54. The van der Waals surface area contributed by atoms with Crippen LogP contribution in [0.15, 0.2) is 60.8 Å². The van der Waals surface area contributed by atoms with Crippen molar-refractivity contribution in [2.45, 2.75) is 77.0 Å². The van der Waals surface area contributed by atoms with Crippen LogP contribution in [0.4, 0.5) is 37.8 Å². The number of piperidine rings is 1. The molecule has 1 aromatic heterocycles. The second kappa shape index (κ2) is 13.8. The Kier molecular flexibility index (Phi) is 10.1. The lowest BCUT2D eigenvalue weighted by atomic mass is 9.96. The molecule has 3 heterocycles. The van der Waals surface area contributed by atoms with Gasteiger partial charge in [-0.25, -0.2) is 4.98 Å². The molecule has 2 aliphatic heterocycles. The Hall–Kier alpha value is -4.13. The summed E-state index contributed by atoms with van der Waals surface area (Å²) in [5, 5.41) is 2.70. The van der Waals surface area contributed by atoms with Gasteiger partial charge in [0.15, 0.2) is 0 Å². The summed E-state index contributed by atoms with van der Waals surface area (Å²) in [7, 11) is 0. The van der Waals surface area contributed by atoms with E-state index in [0.717, 1.165) is 17.8 Å². The molecule has 2 fully saturated rings. The third-order valence-corrected chi connectivity index (χ3v) is 8.60. The molecule has 13 heteroatoms. The number of carbonyl (C=O) groups excluding carboxylic acids is 2. The number of nitrogens with zero attached hydrogens (tertiary/aromatic N) is 3. The fourth-order valence-corrected chi connectivity index (χ4v) is 6.17. The minimum Gasteiger partial charge on any atom is -0.460 e. The molecular weight excluding hydrogens is 638 g/mol. The van der Waals surface area contributed by atoms with Crippen LogP contribution in [0.25, 0.3) is 11.1 Å². The van der Waals surface area contributed by atoms with Crippen molar-refractivity contribution in [3.8, 4) is 11.1 Å². The number of carbonyl (C=O) groups is 2. The molecule has 0 saturated carbocycles. The molecule has 7 nitrogen and oxygen atoms in total. The number of hydrogen-bond acceptors (Lipinski definition) is 6. The maximum atomic E-state index is 13.7. The zero-order valence-corrected chi connectivity index (χ0v) is 26.9. The van der Waals surface area contributed by atoms with Crippen LogP contribution in [0.5, 0.6) is 0 Å². The number of halogens is 6. The number of aromatic nitrogens is 1. The van der Waals surface area contributed by atoms with Crippen LogP contribution in [0.1, 0.15) is 67.9 Å². The van der Waals surface area contributed by atoms with E-state index in [4.69, 9.17) is 4.74 Å². The average Bonchev–Trinajstić information content (AvgIpc) is 3.49. The molecule has 0 radical (unpaired) electrons. The molecule has 1 atom stereocenters. The predicted octanol–water partition coefficient (Wildman–Crippen LogP) is 8.10. The summed E-state index contributed by atoms with van der Waals surface area (Å²) >= 11 is 0. The third-order valence-electron chi connectivity index (χ3n) is 8.60. The summed E-state index contributed by atoms with van der Waals surface area (Å²) in [5.41, 5.74) is 0.944. The van der Waals surface area contributed by atoms with E-state index < -0.39 is 35.5 Å². The first-order valence-electron chi connectivity index (χ1n) is 15.8. The summed E-state index contributed by atoms with van der Waals surface area (Å²) < 4.78 is 86.2. The highest BCUT2D eigenvalue weighted by atomic mass is 19.4. The fourth-order valence-electron chi connectivity index (χ4n) is 6.17. The molecule has 1 N–H and O–H groups in total. The van der Waals surface area contributed by atoms with E-state index in [-0.39, 0.29) is 37.2 Å². The van der Waals surface area contributed by atoms with Gasteiger partial charge < -0.3 is 15.0 Å². The molecular formula is C35H38F6N4O3. The quantitative estimate of drug-likeness (QED) is 0.201. The highest BCUT2D eigenvalue weighted by Gasteiger charge is 2.45. The molecule has 3 aromatic rings. The molecule has 48 heavy (non-hydrogen) atoms. The van der Waals surface area contributed by atoms with Crippen molar-refractivity contribution in [3.63, 3.8) is 0 Å². The topological polar surface area (TPSA) is 74.8 Å². The minimum absolute atomic E-state index is 0.0501. The number of pyridine rings is 1. The van der Waals surface area contributed by atoms with Crippen LogP contribution in [-0.2, 0) is 22.3 Å². The number of hydrogen-bond donors (Lipinski definition) is 1. The van der Waals surface area contributed by atoms with Gasteiger partial charge in [-0.05, 0) is 107 Å². The Morgan fingerprint density at radius 1 is 0.896 bits per heavy atom. The Morgan fingerprint density at radius 3 is 2.12 bits per heavy atom. The van der Waals surface area contributed by atoms with Crippen LogP contribution in [0.2, 0.25) is 0 Å². The van der Waals surface area contributed by atoms with Gasteiger partial charge in [-0.15, -0.1) is 0 Å². The molecule has 0 aliphatic carbocycles. The number of anilines is 2. The number of amides is 1. The summed E-state index contributed by atoms with van der Waals surface area (Å²) in [5.74, 6) is -0.751. The van der Waals surface area contributed by atoms with Crippen molar-refractivity contribution in [1.29, 1.82) is 0 Å². The van der Waals surface area contributed by atoms with E-state index >= 15 is 0 Å². The zero-order chi connectivity index (χ0) is 34.9. The first-order chi connectivity index (χ1) is 22.5. The highest BCUT2D eigenvalue weighted by molar-refractivity contribution is 6.04. The lowest BCUT2D eigenvalue weighted by molar-refractivity contribution is -0.177. The van der Waals surface area contributed by atoms with E-state index in [1.165, 1.54) is 29.3 Å². The van der Waals surface area contributed by atoms with E-state index in [9.17, 15) is 35.9 Å². The van der Waals surface area contributed by atoms with Gasteiger partial charge in [0.05, 0.1) is 11.5 Å².